The van der Waals surface area contributed by atoms with Gasteiger partial charge in [0.05, 0.1) is 0 Å². The van der Waals surface area contributed by atoms with Crippen molar-refractivity contribution in [2.45, 2.75) is 20.3 Å². The van der Waals surface area contributed by atoms with E-state index in [1.54, 1.807) is 0 Å². The zero-order valence-electron chi connectivity index (χ0n) is 20.5. The van der Waals surface area contributed by atoms with Crippen molar-refractivity contribution in [3.05, 3.63) is 127 Å². The van der Waals surface area contributed by atoms with Crippen molar-refractivity contribution in [3.63, 3.8) is 0 Å². The molecule has 1 aliphatic carbocycles. The standard InChI is InChI=1S/C25H17.C5H5.C3H6.2ClH.Ti/c1-3-7-18(8-4-1)20-11-13-24-22(15-20)17-23-16-21(12-14-25(23)24)19-9-5-2-6-10-19;1-2-4-5-3-1;1-3-2;;;/h1-17H;1-3H,4H2;1-2H3;2*1H;/q2*-1;;;;+2/p-2. The van der Waals surface area contributed by atoms with Gasteiger partial charge in [0.15, 0.2) is 0 Å². The van der Waals surface area contributed by atoms with Crippen LogP contribution in [0.1, 0.15) is 20.3 Å². The van der Waals surface area contributed by atoms with Crippen LogP contribution in [-0.2, 0) is 20.0 Å². The molecule has 0 atom stereocenters. The van der Waals surface area contributed by atoms with Gasteiger partial charge >= 0.3 is 37.6 Å². The molecule has 0 saturated carbocycles. The maximum absolute atomic E-state index is 2.99. The number of rotatable bonds is 2. The molecule has 0 aromatic heterocycles. The maximum atomic E-state index is 2.99. The zero-order chi connectivity index (χ0) is 23.8. The van der Waals surface area contributed by atoms with Crippen LogP contribution in [0, 0.1) is 6.08 Å². The molecule has 36 heavy (non-hydrogen) atoms. The molecule has 0 aliphatic heterocycles. The first-order valence-corrected chi connectivity index (χ1v) is 12.4. The molecule has 3 heteroatoms. The molecule has 0 bridgehead atoms. The summed E-state index contributed by atoms with van der Waals surface area (Å²) in [7, 11) is 0. The van der Waals surface area contributed by atoms with Gasteiger partial charge in [-0.3, -0.25) is 6.08 Å². The Bertz CT molecular complexity index is 1340. The SMILES string of the molecule is C[C](C)=[Ti+2].[C-]1=CC=CC1.[Cl-].[Cl-].c1ccc(-c2ccc3c(c2)[cH-]c2cc(-c4ccccc4)ccc23)cc1. The van der Waals surface area contributed by atoms with E-state index >= 15 is 0 Å². The molecule has 0 heterocycles. The van der Waals surface area contributed by atoms with E-state index in [0.29, 0.717) is 0 Å². The van der Waals surface area contributed by atoms with Gasteiger partial charge in [0.2, 0.25) is 0 Å². The first-order chi connectivity index (χ1) is 16.6. The summed E-state index contributed by atoms with van der Waals surface area (Å²) < 4.78 is 1.42. The Kier molecular flexibility index (Phi) is 12.2. The second-order valence-corrected chi connectivity index (χ2v) is 10.0. The Morgan fingerprint density at radius 2 is 1.11 bits per heavy atom. The van der Waals surface area contributed by atoms with Gasteiger partial charge in [0.1, 0.15) is 0 Å². The van der Waals surface area contributed by atoms with Crippen molar-refractivity contribution >= 4 is 25.4 Å². The van der Waals surface area contributed by atoms with Crippen LogP contribution in [0.2, 0.25) is 0 Å². The van der Waals surface area contributed by atoms with Gasteiger partial charge in [-0.25, -0.2) is 12.2 Å². The number of halogens is 2. The van der Waals surface area contributed by atoms with Crippen molar-refractivity contribution < 1.29 is 44.8 Å². The van der Waals surface area contributed by atoms with E-state index in [2.05, 4.69) is 149 Å². The molecule has 0 fully saturated rings. The fourth-order valence-electron chi connectivity index (χ4n) is 3.98. The van der Waals surface area contributed by atoms with Crippen molar-refractivity contribution in [1.29, 1.82) is 0 Å². The minimum atomic E-state index is 0. The van der Waals surface area contributed by atoms with Gasteiger partial charge in [-0.15, -0.1) is 46.2 Å². The fraction of sp³-hybridized carbons (Fsp3) is 0.0909. The van der Waals surface area contributed by atoms with E-state index in [1.807, 2.05) is 12.2 Å². The van der Waals surface area contributed by atoms with Crippen molar-refractivity contribution in [1.82, 2.24) is 0 Å². The molecular weight excluding hydrogens is 515 g/mol. The van der Waals surface area contributed by atoms with Crippen LogP contribution in [0.5, 0.6) is 0 Å². The van der Waals surface area contributed by atoms with Crippen molar-refractivity contribution in [2.75, 3.05) is 0 Å². The van der Waals surface area contributed by atoms with Gasteiger partial charge in [-0.1, -0.05) is 96.1 Å². The summed E-state index contributed by atoms with van der Waals surface area (Å²) in [5.74, 6) is 0. The summed E-state index contributed by atoms with van der Waals surface area (Å²) in [5, 5.41) is 5.27. The fourth-order valence-corrected chi connectivity index (χ4v) is 3.98. The smallest absolute Gasteiger partial charge is 0.0259 e. The Hall–Kier alpha value is -2.61. The molecular formula is C33H28Cl2Ti-2. The van der Waals surface area contributed by atoms with Crippen LogP contribution >= 0.6 is 0 Å². The number of benzene rings is 4. The van der Waals surface area contributed by atoms with Gasteiger partial charge in [-0.05, 0) is 11.1 Å². The van der Waals surface area contributed by atoms with Crippen LogP contribution in [-0.4, -0.2) is 3.81 Å². The summed E-state index contributed by atoms with van der Waals surface area (Å²) in [6.45, 7) is 4.17. The summed E-state index contributed by atoms with van der Waals surface area (Å²) in [6.07, 6.45) is 10.0. The van der Waals surface area contributed by atoms with Crippen LogP contribution in [0.15, 0.2) is 121 Å². The van der Waals surface area contributed by atoms with Gasteiger partial charge in [0.25, 0.3) is 0 Å². The number of hydrogen-bond donors (Lipinski definition) is 0. The summed E-state index contributed by atoms with van der Waals surface area (Å²) >= 11 is 2.08. The third-order valence-corrected chi connectivity index (χ3v) is 5.50. The predicted molar refractivity (Wildman–Crippen MR) is 146 cm³/mol. The molecule has 0 radical (unpaired) electrons. The third-order valence-electron chi connectivity index (χ3n) is 5.50. The van der Waals surface area contributed by atoms with Crippen LogP contribution in [0.25, 0.3) is 43.8 Å². The van der Waals surface area contributed by atoms with Gasteiger partial charge in [-0.2, -0.15) is 6.08 Å². The molecule has 0 nitrogen and oxygen atoms in total. The maximum Gasteiger partial charge on any atom is -0.0259 e. The zero-order valence-corrected chi connectivity index (χ0v) is 23.6. The molecule has 6 rings (SSSR count). The quantitative estimate of drug-likeness (QED) is 0.237. The van der Waals surface area contributed by atoms with Crippen molar-refractivity contribution in [3.8, 4) is 22.3 Å². The molecule has 0 unspecified atom stereocenters. The van der Waals surface area contributed by atoms with E-state index in [1.165, 1.54) is 47.6 Å². The predicted octanol–water partition coefficient (Wildman–Crippen LogP) is 3.10. The minimum absolute atomic E-state index is 0. The largest absolute Gasteiger partial charge is 1.00 e. The molecule has 1 aliphatic rings. The average molecular weight is 543 g/mol. The van der Waals surface area contributed by atoms with E-state index in [9.17, 15) is 0 Å². The van der Waals surface area contributed by atoms with E-state index in [-0.39, 0.29) is 24.8 Å². The first kappa shape index (κ1) is 29.6. The summed E-state index contributed by atoms with van der Waals surface area (Å²) in [5.41, 5.74) is 5.07. The molecule has 0 saturated heterocycles. The minimum Gasteiger partial charge on any atom is -1.00 e. The monoisotopic (exact) mass is 542 g/mol. The summed E-state index contributed by atoms with van der Waals surface area (Å²) in [4.78, 5) is 0. The van der Waals surface area contributed by atoms with Crippen LogP contribution < -0.4 is 24.8 Å². The third kappa shape index (κ3) is 7.95. The van der Waals surface area contributed by atoms with E-state index in [4.69, 9.17) is 0 Å². The molecule has 5 aromatic rings. The van der Waals surface area contributed by atoms with E-state index < -0.39 is 0 Å². The summed E-state index contributed by atoms with van der Waals surface area (Å²) in [6, 6.07) is 37.0. The number of allylic oxidation sites excluding steroid dienone is 4. The second-order valence-electron chi connectivity index (χ2n) is 8.48. The average Bonchev–Trinajstić information content (AvgIpc) is 3.56. The number of fused-ring (bicyclic) bond motifs is 3. The Balaban J connectivity index is 0.000000357. The normalized spacial score (nSPS) is 11.0. The second kappa shape index (κ2) is 14.8. The Morgan fingerprint density at radius 1 is 0.667 bits per heavy atom. The van der Waals surface area contributed by atoms with Crippen LogP contribution in [0.3, 0.4) is 0 Å². The van der Waals surface area contributed by atoms with Crippen LogP contribution in [0.4, 0.5) is 0 Å². The molecule has 0 N–H and O–H groups in total. The first-order valence-electron chi connectivity index (χ1n) is 11.6. The molecule has 0 spiro atoms. The molecule has 5 aromatic carbocycles. The van der Waals surface area contributed by atoms with E-state index in [0.717, 1.165) is 6.42 Å². The Labute approximate surface area is 238 Å². The molecule has 180 valence electrons. The molecule has 0 amide bonds. The Morgan fingerprint density at radius 3 is 1.44 bits per heavy atom. The number of hydrogen-bond acceptors (Lipinski definition) is 0. The van der Waals surface area contributed by atoms with Crippen molar-refractivity contribution in [2.24, 2.45) is 0 Å². The van der Waals surface area contributed by atoms with Gasteiger partial charge < -0.3 is 24.8 Å². The topological polar surface area (TPSA) is 0 Å². The van der Waals surface area contributed by atoms with Gasteiger partial charge in [0, 0.05) is 0 Å².